The molecule has 1 aliphatic heterocycles. The van der Waals surface area contributed by atoms with Crippen LogP contribution in [0, 0.1) is 0 Å². The lowest BCUT2D eigenvalue weighted by molar-refractivity contribution is 0.101. The zero-order valence-corrected chi connectivity index (χ0v) is 14.9. The van der Waals surface area contributed by atoms with E-state index < -0.39 is 0 Å². The number of rotatable bonds is 3. The van der Waals surface area contributed by atoms with Gasteiger partial charge in [-0.1, -0.05) is 17.4 Å². The second kappa shape index (κ2) is 6.68. The van der Waals surface area contributed by atoms with Gasteiger partial charge in [0.1, 0.15) is 13.3 Å². The van der Waals surface area contributed by atoms with Gasteiger partial charge in [-0.05, 0) is 48.9 Å². The van der Waals surface area contributed by atoms with Crippen molar-refractivity contribution in [2.24, 2.45) is 4.99 Å². The number of hydrogen-bond acceptors (Lipinski definition) is 6. The molecule has 4 rings (SSSR count). The lowest BCUT2D eigenvalue weighted by atomic mass is 10.1. The number of aromatic nitrogens is 2. The Kier molecular flexibility index (Phi) is 4.22. The van der Waals surface area contributed by atoms with Crippen LogP contribution in [0.25, 0.3) is 6.08 Å². The Bertz CT molecular complexity index is 1130. The Labute approximate surface area is 153 Å². The van der Waals surface area contributed by atoms with Crippen LogP contribution in [0.4, 0.5) is 5.69 Å². The normalized spacial score (nSPS) is 14.0. The Balaban J connectivity index is 1.66. The number of fused-ring (bicyclic) bond motifs is 1. The Hall–Kier alpha value is -3.06. The highest BCUT2D eigenvalue weighted by atomic mass is 32.1. The number of hydrogen-bond donors (Lipinski definition) is 0. The zero-order chi connectivity index (χ0) is 18.1. The molecule has 0 N–H and O–H groups in total. The summed E-state index contributed by atoms with van der Waals surface area (Å²) in [7, 11) is 0. The molecule has 0 amide bonds. The first-order valence-electron chi connectivity index (χ1n) is 8.13. The maximum Gasteiger partial charge on any atom is 0.271 e. The fourth-order valence-electron chi connectivity index (χ4n) is 2.79. The lowest BCUT2D eigenvalue weighted by Crippen LogP contribution is -2.42. The van der Waals surface area contributed by atoms with Crippen molar-refractivity contribution in [1.82, 2.24) is 9.55 Å². The zero-order valence-electron chi connectivity index (χ0n) is 14.1. The number of pyridine rings is 1. The van der Waals surface area contributed by atoms with Crippen LogP contribution >= 0.6 is 11.3 Å². The first-order chi connectivity index (χ1) is 12.6. The molecular weight excluding hydrogens is 348 g/mol. The van der Waals surface area contributed by atoms with E-state index in [9.17, 15) is 9.59 Å². The average molecular weight is 364 g/mol. The third-order valence-corrected chi connectivity index (χ3v) is 5.24. The lowest BCUT2D eigenvalue weighted by Gasteiger charge is -2.25. The maximum absolute atomic E-state index is 12.7. The third-order valence-electron chi connectivity index (χ3n) is 4.20. The predicted octanol–water partition coefficient (Wildman–Crippen LogP) is 1.39. The van der Waals surface area contributed by atoms with E-state index >= 15 is 0 Å². The van der Waals surface area contributed by atoms with Gasteiger partial charge in [0.05, 0.1) is 4.53 Å². The van der Waals surface area contributed by atoms with E-state index in [2.05, 4.69) is 9.98 Å². The van der Waals surface area contributed by atoms with Crippen LogP contribution in [0.2, 0.25) is 0 Å². The summed E-state index contributed by atoms with van der Waals surface area (Å²) in [5, 5.41) is 0. The van der Waals surface area contributed by atoms with Crippen molar-refractivity contribution >= 4 is 28.9 Å². The van der Waals surface area contributed by atoms with Crippen molar-refractivity contribution in [1.29, 1.82) is 0 Å². The topological polar surface area (TPSA) is 67.6 Å². The minimum Gasteiger partial charge on any atom is -0.334 e. The molecule has 0 bridgehead atoms. The van der Waals surface area contributed by atoms with E-state index in [4.69, 9.17) is 0 Å². The summed E-state index contributed by atoms with van der Waals surface area (Å²) in [4.78, 5) is 35.5. The van der Waals surface area contributed by atoms with Gasteiger partial charge < -0.3 is 4.90 Å². The highest BCUT2D eigenvalue weighted by Gasteiger charge is 2.16. The molecule has 0 aliphatic carbocycles. The molecule has 0 unspecified atom stereocenters. The van der Waals surface area contributed by atoms with Gasteiger partial charge >= 0.3 is 0 Å². The SMILES string of the molecule is CC(=O)c1ccc(N2CN=c3s/c(=C\c4cccnc4)c(=O)n3C2)cc1. The molecule has 130 valence electrons. The molecule has 0 saturated heterocycles. The molecule has 3 aromatic rings. The van der Waals surface area contributed by atoms with Crippen molar-refractivity contribution < 1.29 is 4.79 Å². The first kappa shape index (κ1) is 16.4. The minimum atomic E-state index is -0.0531. The molecule has 0 fully saturated rings. The van der Waals surface area contributed by atoms with Crippen LogP contribution in [0.5, 0.6) is 0 Å². The molecule has 1 aromatic carbocycles. The Morgan fingerprint density at radius 3 is 2.73 bits per heavy atom. The van der Waals surface area contributed by atoms with Gasteiger partial charge in [-0.25, -0.2) is 4.99 Å². The van der Waals surface area contributed by atoms with Gasteiger partial charge in [-0.3, -0.25) is 19.1 Å². The van der Waals surface area contributed by atoms with Crippen LogP contribution in [0.1, 0.15) is 22.8 Å². The van der Waals surface area contributed by atoms with Gasteiger partial charge in [-0.2, -0.15) is 0 Å². The average Bonchev–Trinajstić information content (AvgIpc) is 2.98. The molecule has 0 atom stereocenters. The smallest absolute Gasteiger partial charge is 0.271 e. The molecule has 2 aromatic heterocycles. The van der Waals surface area contributed by atoms with E-state index in [0.29, 0.717) is 23.4 Å². The van der Waals surface area contributed by atoms with E-state index in [1.807, 2.05) is 35.2 Å². The van der Waals surface area contributed by atoms with Gasteiger partial charge in [0, 0.05) is 23.6 Å². The molecule has 7 heteroatoms. The molecule has 0 saturated carbocycles. The van der Waals surface area contributed by atoms with Crippen molar-refractivity contribution in [3.05, 3.63) is 79.6 Å². The summed E-state index contributed by atoms with van der Waals surface area (Å²) in [5.74, 6) is 0.0341. The number of Topliss-reactive ketones (excluding diaryl/α,β-unsaturated/α-hetero) is 1. The van der Waals surface area contributed by atoms with Crippen LogP contribution in [-0.4, -0.2) is 22.0 Å². The minimum absolute atomic E-state index is 0.0341. The Morgan fingerprint density at radius 1 is 1.23 bits per heavy atom. The molecule has 1 aliphatic rings. The second-order valence-electron chi connectivity index (χ2n) is 6.00. The molecular formula is C19H16N4O2S. The summed E-state index contributed by atoms with van der Waals surface area (Å²) in [5.41, 5.74) is 2.44. The van der Waals surface area contributed by atoms with Crippen LogP contribution in [-0.2, 0) is 6.67 Å². The maximum atomic E-state index is 12.7. The summed E-state index contributed by atoms with van der Waals surface area (Å²) in [6.45, 7) is 2.46. The summed E-state index contributed by atoms with van der Waals surface area (Å²) in [6, 6.07) is 11.1. The number of carbonyl (C=O) groups excluding carboxylic acids is 1. The Morgan fingerprint density at radius 2 is 2.04 bits per heavy atom. The number of carbonyl (C=O) groups is 1. The summed E-state index contributed by atoms with van der Waals surface area (Å²) in [6.07, 6.45) is 5.27. The van der Waals surface area contributed by atoms with E-state index in [1.165, 1.54) is 11.3 Å². The van der Waals surface area contributed by atoms with Crippen molar-refractivity contribution in [3.63, 3.8) is 0 Å². The van der Waals surface area contributed by atoms with E-state index in [-0.39, 0.29) is 11.3 Å². The largest absolute Gasteiger partial charge is 0.334 e. The van der Waals surface area contributed by atoms with Gasteiger partial charge in [-0.15, -0.1) is 0 Å². The highest BCUT2D eigenvalue weighted by molar-refractivity contribution is 7.07. The van der Waals surface area contributed by atoms with Crippen molar-refractivity contribution in [3.8, 4) is 0 Å². The summed E-state index contributed by atoms with van der Waals surface area (Å²) >= 11 is 1.39. The van der Waals surface area contributed by atoms with Crippen molar-refractivity contribution in [2.45, 2.75) is 13.6 Å². The number of thiazole rings is 1. The third kappa shape index (κ3) is 3.09. The molecule has 0 spiro atoms. The monoisotopic (exact) mass is 364 g/mol. The van der Waals surface area contributed by atoms with Gasteiger partial charge in [0.15, 0.2) is 10.6 Å². The standard InChI is InChI=1S/C19H16N4O2S/c1-13(24)15-4-6-16(7-5-15)22-11-21-19-23(12-22)18(25)17(26-19)9-14-3-2-8-20-10-14/h2-10H,11-12H2,1H3/b17-9-. The van der Waals surface area contributed by atoms with Crippen LogP contribution in [0.15, 0.2) is 58.6 Å². The highest BCUT2D eigenvalue weighted by Crippen LogP contribution is 2.17. The van der Waals surface area contributed by atoms with Crippen molar-refractivity contribution in [2.75, 3.05) is 11.6 Å². The molecule has 26 heavy (non-hydrogen) atoms. The summed E-state index contributed by atoms with van der Waals surface area (Å²) < 4.78 is 2.32. The van der Waals surface area contributed by atoms with E-state index in [0.717, 1.165) is 16.1 Å². The predicted molar refractivity (Wildman–Crippen MR) is 101 cm³/mol. The van der Waals surface area contributed by atoms with Crippen LogP contribution < -0.4 is 19.8 Å². The van der Waals surface area contributed by atoms with E-state index in [1.54, 1.807) is 36.0 Å². The number of anilines is 1. The molecule has 0 radical (unpaired) electrons. The first-order valence-corrected chi connectivity index (χ1v) is 8.95. The van der Waals surface area contributed by atoms with Gasteiger partial charge in [0.25, 0.3) is 5.56 Å². The number of nitrogens with zero attached hydrogens (tertiary/aromatic N) is 4. The van der Waals surface area contributed by atoms with Gasteiger partial charge in [0.2, 0.25) is 0 Å². The fraction of sp³-hybridized carbons (Fsp3) is 0.158. The second-order valence-corrected chi connectivity index (χ2v) is 7.01. The fourth-order valence-corrected chi connectivity index (χ4v) is 3.76. The quantitative estimate of drug-likeness (QED) is 0.659. The molecule has 3 heterocycles. The van der Waals surface area contributed by atoms with Crippen LogP contribution in [0.3, 0.4) is 0 Å². The number of ketones is 1. The molecule has 6 nitrogen and oxygen atoms in total. The number of benzene rings is 1.